The van der Waals surface area contributed by atoms with Gasteiger partial charge in [0, 0.05) is 32.8 Å². The Balaban J connectivity index is 1.92. The minimum absolute atomic E-state index is 0.375. The average molecular weight is 348 g/mol. The lowest BCUT2D eigenvalue weighted by Gasteiger charge is -2.06. The first kappa shape index (κ1) is 15.5. The van der Waals surface area contributed by atoms with Crippen LogP contribution in [-0.4, -0.2) is 20.3 Å². The Bertz CT molecular complexity index is 1110. The molecule has 0 fully saturated rings. The monoisotopic (exact) mass is 348 g/mol. The van der Waals surface area contributed by atoms with Gasteiger partial charge in [0.05, 0.1) is 11.9 Å². The number of carbonyl (C=O) groups excluding carboxylic acids is 1. The second-order valence-electron chi connectivity index (χ2n) is 5.92. The van der Waals surface area contributed by atoms with Crippen LogP contribution < -0.4 is 5.73 Å². The van der Waals surface area contributed by atoms with E-state index in [0.29, 0.717) is 11.3 Å². The largest absolute Gasteiger partial charge is 0.364 e. The van der Waals surface area contributed by atoms with Gasteiger partial charge in [-0.15, -0.1) is 11.3 Å². The predicted molar refractivity (Wildman–Crippen MR) is 99.7 cm³/mol. The van der Waals surface area contributed by atoms with Crippen LogP contribution in [0.2, 0.25) is 0 Å². The molecule has 0 bridgehead atoms. The summed E-state index contributed by atoms with van der Waals surface area (Å²) in [6.07, 6.45) is 3.41. The first-order valence-electron chi connectivity index (χ1n) is 7.84. The third-order valence-corrected chi connectivity index (χ3v) is 5.14. The molecule has 4 heterocycles. The van der Waals surface area contributed by atoms with E-state index in [1.807, 2.05) is 43.5 Å². The smallest absolute Gasteiger partial charge is 0.267 e. The molecule has 0 radical (unpaired) electrons. The second kappa shape index (κ2) is 5.82. The maximum absolute atomic E-state index is 11.6. The molecule has 4 aromatic heterocycles. The summed E-state index contributed by atoms with van der Waals surface area (Å²) in [5.41, 5.74) is 10.5. The minimum atomic E-state index is -0.493. The van der Waals surface area contributed by atoms with E-state index in [1.165, 1.54) is 11.1 Å². The number of carbonyl (C=O) groups is 1. The van der Waals surface area contributed by atoms with Crippen LogP contribution in [0.25, 0.3) is 27.3 Å². The highest BCUT2D eigenvalue weighted by Crippen LogP contribution is 2.38. The first-order chi connectivity index (χ1) is 12.0. The van der Waals surface area contributed by atoms with Crippen LogP contribution in [0.5, 0.6) is 0 Å². The normalized spacial score (nSPS) is 11.1. The number of nitrogens with zero attached hydrogens (tertiary/aromatic N) is 3. The van der Waals surface area contributed by atoms with Gasteiger partial charge < -0.3 is 5.73 Å². The van der Waals surface area contributed by atoms with Gasteiger partial charge >= 0.3 is 0 Å². The van der Waals surface area contributed by atoms with Gasteiger partial charge in [-0.05, 0) is 44.2 Å². The van der Waals surface area contributed by atoms with Gasteiger partial charge in [-0.1, -0.05) is 6.07 Å². The number of primary amides is 1. The van der Waals surface area contributed by atoms with E-state index in [-0.39, 0.29) is 0 Å². The van der Waals surface area contributed by atoms with Crippen molar-refractivity contribution in [2.45, 2.75) is 13.8 Å². The molecule has 0 spiro atoms. The van der Waals surface area contributed by atoms with Gasteiger partial charge in [-0.2, -0.15) is 0 Å². The van der Waals surface area contributed by atoms with Crippen LogP contribution in [0.4, 0.5) is 0 Å². The van der Waals surface area contributed by atoms with Crippen molar-refractivity contribution in [3.8, 4) is 21.7 Å². The number of amides is 1. The van der Waals surface area contributed by atoms with Gasteiger partial charge in [0.1, 0.15) is 11.3 Å². The van der Waals surface area contributed by atoms with E-state index in [2.05, 4.69) is 23.0 Å². The number of thiophene rings is 1. The predicted octanol–water partition coefficient (Wildman–Crippen LogP) is 3.84. The molecule has 0 atom stereocenters. The van der Waals surface area contributed by atoms with Crippen molar-refractivity contribution >= 4 is 22.9 Å². The molecule has 4 aromatic rings. The van der Waals surface area contributed by atoms with E-state index in [9.17, 15) is 4.79 Å². The summed E-state index contributed by atoms with van der Waals surface area (Å²) in [5.74, 6) is -0.493. The van der Waals surface area contributed by atoms with Crippen LogP contribution in [0.3, 0.4) is 0 Å². The molecule has 5 nitrogen and oxygen atoms in total. The number of rotatable bonds is 3. The summed E-state index contributed by atoms with van der Waals surface area (Å²) in [5, 5.41) is 0. The standard InChI is InChI=1S/C19H16N4OS/c1-11-4-3-5-15(22-11)14-8-12(2)25-18(14)13-6-7-17-21-9-16(19(20)24)23(17)10-13/h3-10H,1-2H3,(H2,20,24). The van der Waals surface area contributed by atoms with Crippen LogP contribution in [0.15, 0.2) is 48.8 Å². The summed E-state index contributed by atoms with van der Waals surface area (Å²) >= 11 is 1.70. The molecule has 4 rings (SSSR count). The molecule has 2 N–H and O–H groups in total. The van der Waals surface area contributed by atoms with Gasteiger partial charge in [0.2, 0.25) is 0 Å². The number of aryl methyl sites for hydroxylation is 2. The summed E-state index contributed by atoms with van der Waals surface area (Å²) in [6.45, 7) is 4.07. The van der Waals surface area contributed by atoms with Gasteiger partial charge in [0.15, 0.2) is 0 Å². The van der Waals surface area contributed by atoms with Crippen LogP contribution in [-0.2, 0) is 0 Å². The topological polar surface area (TPSA) is 73.3 Å². The lowest BCUT2D eigenvalue weighted by molar-refractivity contribution is 0.0995. The number of hydrogen-bond acceptors (Lipinski definition) is 4. The fourth-order valence-electron chi connectivity index (χ4n) is 2.91. The van der Waals surface area contributed by atoms with Crippen molar-refractivity contribution in [1.82, 2.24) is 14.4 Å². The molecule has 0 aromatic carbocycles. The van der Waals surface area contributed by atoms with Crippen LogP contribution >= 0.6 is 11.3 Å². The molecule has 0 unspecified atom stereocenters. The number of nitrogens with two attached hydrogens (primary N) is 1. The fraction of sp³-hybridized carbons (Fsp3) is 0.105. The van der Waals surface area contributed by atoms with E-state index >= 15 is 0 Å². The second-order valence-corrected chi connectivity index (χ2v) is 7.17. The Labute approximate surface area is 148 Å². The van der Waals surface area contributed by atoms with Gasteiger partial charge in [0.25, 0.3) is 5.91 Å². The molecule has 1 amide bonds. The molecule has 0 aliphatic carbocycles. The zero-order valence-electron chi connectivity index (χ0n) is 13.9. The highest BCUT2D eigenvalue weighted by Gasteiger charge is 2.15. The SMILES string of the molecule is Cc1cccc(-c2cc(C)sc2-c2ccc3ncc(C(N)=O)n3c2)n1. The van der Waals surface area contributed by atoms with Crippen molar-refractivity contribution in [1.29, 1.82) is 0 Å². The zero-order chi connectivity index (χ0) is 17.6. The third kappa shape index (κ3) is 2.70. The van der Waals surface area contributed by atoms with Crippen molar-refractivity contribution in [2.24, 2.45) is 5.73 Å². The zero-order valence-corrected chi connectivity index (χ0v) is 14.7. The van der Waals surface area contributed by atoms with Crippen LogP contribution in [0, 0.1) is 13.8 Å². The molecule has 0 aliphatic heterocycles. The van der Waals surface area contributed by atoms with Gasteiger partial charge in [-0.25, -0.2) is 4.98 Å². The number of aromatic nitrogens is 3. The lowest BCUT2D eigenvalue weighted by atomic mass is 10.1. The summed E-state index contributed by atoms with van der Waals surface area (Å²) < 4.78 is 1.74. The van der Waals surface area contributed by atoms with Crippen molar-refractivity contribution in [2.75, 3.05) is 0 Å². The molecule has 6 heteroatoms. The van der Waals surface area contributed by atoms with E-state index in [4.69, 9.17) is 5.73 Å². The van der Waals surface area contributed by atoms with Gasteiger partial charge in [-0.3, -0.25) is 14.2 Å². The molecular formula is C19H16N4OS. The number of imidazole rings is 1. The Kier molecular flexibility index (Phi) is 3.62. The average Bonchev–Trinajstić information content (AvgIpc) is 3.17. The van der Waals surface area contributed by atoms with E-state index in [0.717, 1.165) is 27.4 Å². The quantitative estimate of drug-likeness (QED) is 0.611. The Morgan fingerprint density at radius 2 is 2.04 bits per heavy atom. The molecule has 0 aliphatic rings. The minimum Gasteiger partial charge on any atom is -0.364 e. The molecule has 0 saturated heterocycles. The van der Waals surface area contributed by atoms with Crippen LogP contribution in [0.1, 0.15) is 21.1 Å². The maximum Gasteiger partial charge on any atom is 0.267 e. The van der Waals surface area contributed by atoms with E-state index in [1.54, 1.807) is 15.7 Å². The summed E-state index contributed by atoms with van der Waals surface area (Å²) in [7, 11) is 0. The Morgan fingerprint density at radius 3 is 2.80 bits per heavy atom. The molecule has 0 saturated carbocycles. The van der Waals surface area contributed by atoms with Crippen molar-refractivity contribution in [3.63, 3.8) is 0 Å². The lowest BCUT2D eigenvalue weighted by Crippen LogP contribution is -2.13. The first-order valence-corrected chi connectivity index (χ1v) is 8.66. The maximum atomic E-state index is 11.6. The number of pyridine rings is 2. The molecule has 124 valence electrons. The third-order valence-electron chi connectivity index (χ3n) is 4.04. The molecule has 25 heavy (non-hydrogen) atoms. The summed E-state index contributed by atoms with van der Waals surface area (Å²) in [6, 6.07) is 12.1. The number of fused-ring (bicyclic) bond motifs is 1. The Morgan fingerprint density at radius 1 is 1.20 bits per heavy atom. The Hall–Kier alpha value is -2.99. The highest BCUT2D eigenvalue weighted by atomic mass is 32.1. The fourth-order valence-corrected chi connectivity index (χ4v) is 3.92. The highest BCUT2D eigenvalue weighted by molar-refractivity contribution is 7.16. The summed E-state index contributed by atoms with van der Waals surface area (Å²) in [4.78, 5) is 22.8. The van der Waals surface area contributed by atoms with E-state index < -0.39 is 5.91 Å². The van der Waals surface area contributed by atoms with Crippen molar-refractivity contribution in [3.05, 3.63) is 65.1 Å². The molecular weight excluding hydrogens is 332 g/mol. The van der Waals surface area contributed by atoms with Crippen molar-refractivity contribution < 1.29 is 4.79 Å². The number of hydrogen-bond donors (Lipinski definition) is 1.